The summed E-state index contributed by atoms with van der Waals surface area (Å²) in [5, 5.41) is 12.4. The minimum absolute atomic E-state index is 0.0388. The van der Waals surface area contributed by atoms with Crippen molar-refractivity contribution in [2.45, 2.75) is 26.3 Å². The van der Waals surface area contributed by atoms with Crippen molar-refractivity contribution in [3.05, 3.63) is 28.2 Å². The topological polar surface area (TPSA) is 69.6 Å². The summed E-state index contributed by atoms with van der Waals surface area (Å²) in [5.74, 6) is -1.30. The maximum atomic E-state index is 12.1. The second kappa shape index (κ2) is 8.22. The number of anilines is 1. The van der Waals surface area contributed by atoms with E-state index in [9.17, 15) is 9.59 Å². The highest BCUT2D eigenvalue weighted by Gasteiger charge is 2.24. The van der Waals surface area contributed by atoms with Gasteiger partial charge in [0.1, 0.15) is 6.04 Å². The van der Waals surface area contributed by atoms with Gasteiger partial charge in [-0.25, -0.2) is 0 Å². The third-order valence-electron chi connectivity index (χ3n) is 3.09. The van der Waals surface area contributed by atoms with Crippen LogP contribution in [-0.4, -0.2) is 41.0 Å². The molecular formula is C14H18Cl2N2O3. The van der Waals surface area contributed by atoms with Crippen LogP contribution in [-0.2, 0) is 9.59 Å². The van der Waals surface area contributed by atoms with Crippen LogP contribution in [0.3, 0.4) is 0 Å². The van der Waals surface area contributed by atoms with E-state index in [1.54, 1.807) is 36.9 Å². The molecule has 0 aliphatic rings. The monoisotopic (exact) mass is 332 g/mol. The first kappa shape index (κ1) is 17.8. The molecule has 0 heterocycles. The SMILES string of the molecule is CCC(C(=O)O)N(CC)CC(=O)Nc1c(Cl)cccc1Cl. The number of halogens is 2. The first-order valence-corrected chi connectivity index (χ1v) is 7.37. The second-order valence-corrected chi connectivity index (χ2v) is 5.28. The van der Waals surface area contributed by atoms with Gasteiger partial charge < -0.3 is 10.4 Å². The van der Waals surface area contributed by atoms with Gasteiger partial charge in [-0.15, -0.1) is 0 Å². The average Bonchev–Trinajstić information content (AvgIpc) is 2.42. The molecule has 2 N–H and O–H groups in total. The van der Waals surface area contributed by atoms with Gasteiger partial charge >= 0.3 is 5.97 Å². The highest BCUT2D eigenvalue weighted by atomic mass is 35.5. The van der Waals surface area contributed by atoms with Gasteiger partial charge in [0, 0.05) is 0 Å². The Bertz CT molecular complexity index is 503. The van der Waals surface area contributed by atoms with Crippen LogP contribution in [0, 0.1) is 0 Å². The van der Waals surface area contributed by atoms with Crippen LogP contribution in [0.5, 0.6) is 0 Å². The quantitative estimate of drug-likeness (QED) is 0.804. The molecule has 1 aromatic carbocycles. The zero-order chi connectivity index (χ0) is 16.0. The molecule has 1 aromatic rings. The van der Waals surface area contributed by atoms with E-state index >= 15 is 0 Å². The van der Waals surface area contributed by atoms with E-state index in [0.717, 1.165) is 0 Å². The molecule has 0 bridgehead atoms. The predicted molar refractivity (Wildman–Crippen MR) is 84.1 cm³/mol. The molecule has 1 amide bonds. The molecule has 116 valence electrons. The molecule has 0 saturated carbocycles. The summed E-state index contributed by atoms with van der Waals surface area (Å²) in [7, 11) is 0. The summed E-state index contributed by atoms with van der Waals surface area (Å²) in [4.78, 5) is 24.8. The lowest BCUT2D eigenvalue weighted by molar-refractivity contribution is -0.143. The van der Waals surface area contributed by atoms with Gasteiger partial charge in [-0.3, -0.25) is 14.5 Å². The third-order valence-corrected chi connectivity index (χ3v) is 3.72. The molecule has 0 saturated heterocycles. The van der Waals surface area contributed by atoms with Gasteiger partial charge in [0.2, 0.25) is 5.91 Å². The minimum atomic E-state index is -0.942. The van der Waals surface area contributed by atoms with Crippen LogP contribution in [0.4, 0.5) is 5.69 Å². The molecule has 0 aromatic heterocycles. The lowest BCUT2D eigenvalue weighted by Crippen LogP contribution is -2.44. The lowest BCUT2D eigenvalue weighted by atomic mass is 10.2. The van der Waals surface area contributed by atoms with E-state index in [2.05, 4.69) is 5.32 Å². The Morgan fingerprint density at radius 1 is 1.29 bits per heavy atom. The maximum Gasteiger partial charge on any atom is 0.320 e. The fourth-order valence-electron chi connectivity index (χ4n) is 2.01. The summed E-state index contributed by atoms with van der Waals surface area (Å²) in [5.41, 5.74) is 0.338. The minimum Gasteiger partial charge on any atom is -0.480 e. The number of benzene rings is 1. The molecule has 0 spiro atoms. The summed E-state index contributed by atoms with van der Waals surface area (Å²) in [6.07, 6.45) is 0.420. The Balaban J connectivity index is 2.78. The fourth-order valence-corrected chi connectivity index (χ4v) is 2.50. The Morgan fingerprint density at radius 3 is 2.29 bits per heavy atom. The normalized spacial score (nSPS) is 12.2. The van der Waals surface area contributed by atoms with Gasteiger partial charge in [-0.1, -0.05) is 43.1 Å². The summed E-state index contributed by atoms with van der Waals surface area (Å²) >= 11 is 12.0. The van der Waals surface area contributed by atoms with Gasteiger partial charge in [-0.05, 0) is 25.1 Å². The molecular weight excluding hydrogens is 315 g/mol. The van der Waals surface area contributed by atoms with E-state index in [1.807, 2.05) is 0 Å². The Kier molecular flexibility index (Phi) is 6.95. The van der Waals surface area contributed by atoms with Crippen molar-refractivity contribution < 1.29 is 14.7 Å². The number of carboxylic acids is 1. The number of rotatable bonds is 7. The van der Waals surface area contributed by atoms with E-state index < -0.39 is 12.0 Å². The first-order valence-electron chi connectivity index (χ1n) is 6.61. The highest BCUT2D eigenvalue weighted by molar-refractivity contribution is 6.39. The molecule has 0 aliphatic carbocycles. The van der Waals surface area contributed by atoms with Crippen LogP contribution in [0.25, 0.3) is 0 Å². The molecule has 21 heavy (non-hydrogen) atoms. The van der Waals surface area contributed by atoms with Gasteiger partial charge in [-0.2, -0.15) is 0 Å². The number of aliphatic carboxylic acids is 1. The molecule has 1 rings (SSSR count). The first-order chi connectivity index (χ1) is 9.90. The largest absolute Gasteiger partial charge is 0.480 e. The van der Waals surface area contributed by atoms with Crippen LogP contribution in [0.1, 0.15) is 20.3 Å². The number of para-hydroxylation sites is 1. The third kappa shape index (κ3) is 4.88. The van der Waals surface area contributed by atoms with Crippen molar-refractivity contribution in [1.82, 2.24) is 4.90 Å². The average molecular weight is 333 g/mol. The molecule has 1 unspecified atom stereocenters. The predicted octanol–water partition coefficient (Wildman–Crippen LogP) is 3.12. The number of amides is 1. The smallest absolute Gasteiger partial charge is 0.320 e. The number of carbonyl (C=O) groups excluding carboxylic acids is 1. The number of carbonyl (C=O) groups is 2. The molecule has 7 heteroatoms. The van der Waals surface area contributed by atoms with E-state index in [0.29, 0.717) is 28.7 Å². The van der Waals surface area contributed by atoms with Crippen molar-refractivity contribution in [2.24, 2.45) is 0 Å². The second-order valence-electron chi connectivity index (χ2n) is 4.47. The zero-order valence-electron chi connectivity index (χ0n) is 11.9. The van der Waals surface area contributed by atoms with E-state index in [4.69, 9.17) is 28.3 Å². The standard InChI is InChI=1S/C14H18Cl2N2O3/c1-3-11(14(20)21)18(4-2)8-12(19)17-13-9(15)6-5-7-10(13)16/h5-7,11H,3-4,8H2,1-2H3,(H,17,19)(H,20,21). The summed E-state index contributed by atoms with van der Waals surface area (Å²) < 4.78 is 0. The van der Waals surface area contributed by atoms with Gasteiger partial charge in [0.15, 0.2) is 0 Å². The van der Waals surface area contributed by atoms with E-state index in [1.165, 1.54) is 0 Å². The maximum absolute atomic E-state index is 12.1. The number of hydrogen-bond acceptors (Lipinski definition) is 3. The van der Waals surface area contributed by atoms with Crippen molar-refractivity contribution in [3.63, 3.8) is 0 Å². The zero-order valence-corrected chi connectivity index (χ0v) is 13.4. The summed E-state index contributed by atoms with van der Waals surface area (Å²) in [6, 6.07) is 4.22. The molecule has 0 aliphatic heterocycles. The van der Waals surface area contributed by atoms with Crippen LogP contribution >= 0.6 is 23.2 Å². The van der Waals surface area contributed by atoms with Gasteiger partial charge in [0.25, 0.3) is 0 Å². The van der Waals surface area contributed by atoms with Crippen LogP contribution in [0.2, 0.25) is 10.0 Å². The number of carboxylic acid groups (broad SMARTS) is 1. The Morgan fingerprint density at radius 2 is 1.86 bits per heavy atom. The highest BCUT2D eigenvalue weighted by Crippen LogP contribution is 2.29. The number of likely N-dealkylation sites (N-methyl/N-ethyl adjacent to an activating group) is 1. The molecule has 0 radical (unpaired) electrons. The molecule has 5 nitrogen and oxygen atoms in total. The van der Waals surface area contributed by atoms with Crippen molar-refractivity contribution in [1.29, 1.82) is 0 Å². The fraction of sp³-hybridized carbons (Fsp3) is 0.429. The summed E-state index contributed by atoms with van der Waals surface area (Å²) in [6.45, 7) is 3.99. The number of nitrogens with zero attached hydrogens (tertiary/aromatic N) is 1. The number of hydrogen-bond donors (Lipinski definition) is 2. The lowest BCUT2D eigenvalue weighted by Gasteiger charge is -2.26. The van der Waals surface area contributed by atoms with Gasteiger partial charge in [0.05, 0.1) is 22.3 Å². The van der Waals surface area contributed by atoms with Crippen LogP contribution in [0.15, 0.2) is 18.2 Å². The molecule has 0 fully saturated rings. The van der Waals surface area contributed by atoms with Crippen molar-refractivity contribution >= 4 is 40.8 Å². The van der Waals surface area contributed by atoms with Crippen molar-refractivity contribution in [3.8, 4) is 0 Å². The Hall–Kier alpha value is -1.30. The Labute approximate surface area is 133 Å². The number of nitrogens with one attached hydrogen (secondary N) is 1. The van der Waals surface area contributed by atoms with Crippen molar-refractivity contribution in [2.75, 3.05) is 18.4 Å². The molecule has 1 atom stereocenters. The van der Waals surface area contributed by atoms with Crippen LogP contribution < -0.4 is 5.32 Å². The van der Waals surface area contributed by atoms with E-state index in [-0.39, 0.29) is 12.5 Å².